The van der Waals surface area contributed by atoms with Crippen LogP contribution < -0.4 is 10.2 Å². The molecule has 160 valence electrons. The number of carbonyl (C=O) groups is 1. The Kier molecular flexibility index (Phi) is 8.09. The number of ether oxygens (including phenoxy) is 1. The summed E-state index contributed by atoms with van der Waals surface area (Å²) >= 11 is 9.19. The van der Waals surface area contributed by atoms with Gasteiger partial charge in [0.2, 0.25) is 0 Å². The minimum Gasteiger partial charge on any atom is -0.503 e. The Morgan fingerprint density at radius 1 is 1.23 bits per heavy atom. The van der Waals surface area contributed by atoms with Crippen molar-refractivity contribution in [3.8, 4) is 11.5 Å². The number of carbonyl (C=O) groups excluding carboxylic acids is 1. The van der Waals surface area contributed by atoms with E-state index in [1.165, 1.54) is 18.9 Å². The van der Waals surface area contributed by atoms with Crippen molar-refractivity contribution < 1.29 is 14.6 Å². The van der Waals surface area contributed by atoms with E-state index in [-0.39, 0.29) is 11.7 Å². The summed E-state index contributed by atoms with van der Waals surface area (Å²) in [5.41, 5.74) is 4.47. The lowest BCUT2D eigenvalue weighted by molar-refractivity contribution is -0.122. The first-order valence-electron chi connectivity index (χ1n) is 9.52. The Morgan fingerprint density at radius 3 is 2.57 bits per heavy atom. The maximum absolute atomic E-state index is 12.2. The van der Waals surface area contributed by atoms with Gasteiger partial charge in [-0.2, -0.15) is 5.10 Å². The van der Waals surface area contributed by atoms with Gasteiger partial charge in [0.1, 0.15) is 0 Å². The third-order valence-electron chi connectivity index (χ3n) is 4.83. The van der Waals surface area contributed by atoms with Crippen molar-refractivity contribution in [1.29, 1.82) is 0 Å². The van der Waals surface area contributed by atoms with Crippen LogP contribution >= 0.6 is 27.5 Å². The van der Waals surface area contributed by atoms with E-state index in [2.05, 4.69) is 36.3 Å². The van der Waals surface area contributed by atoms with Gasteiger partial charge in [0.25, 0.3) is 5.91 Å². The number of phenols is 1. The van der Waals surface area contributed by atoms with Gasteiger partial charge in [0.15, 0.2) is 11.5 Å². The zero-order chi connectivity index (χ0) is 21.5. The van der Waals surface area contributed by atoms with Crippen molar-refractivity contribution in [2.24, 2.45) is 5.10 Å². The number of hydrazone groups is 1. The summed E-state index contributed by atoms with van der Waals surface area (Å²) in [6.07, 6.45) is 1.51. The molecule has 2 N–H and O–H groups in total. The second kappa shape index (κ2) is 10.8. The van der Waals surface area contributed by atoms with Crippen LogP contribution in [0.25, 0.3) is 0 Å². The average molecular weight is 496 g/mol. The molecule has 2 aromatic rings. The van der Waals surface area contributed by atoms with Gasteiger partial charge >= 0.3 is 0 Å². The van der Waals surface area contributed by atoms with Gasteiger partial charge in [-0.15, -0.1) is 0 Å². The molecule has 9 heteroatoms. The molecule has 7 nitrogen and oxygen atoms in total. The van der Waals surface area contributed by atoms with Crippen LogP contribution in [0, 0.1) is 0 Å². The minimum absolute atomic E-state index is 0.0221. The van der Waals surface area contributed by atoms with Crippen LogP contribution in [0.2, 0.25) is 5.02 Å². The Hall–Kier alpha value is -2.13. The monoisotopic (exact) mass is 494 g/mol. The number of methoxy groups -OCH3 is 1. The number of nitrogens with zero attached hydrogens (tertiary/aromatic N) is 3. The lowest BCUT2D eigenvalue weighted by Gasteiger charge is -2.34. The Balaban J connectivity index is 1.42. The van der Waals surface area contributed by atoms with E-state index < -0.39 is 0 Å². The molecule has 0 aromatic heterocycles. The highest BCUT2D eigenvalue weighted by Crippen LogP contribution is 2.34. The fourth-order valence-corrected chi connectivity index (χ4v) is 3.78. The number of nitrogens with one attached hydrogen (secondary N) is 1. The van der Waals surface area contributed by atoms with Crippen LogP contribution in [-0.4, -0.2) is 66.9 Å². The number of phenolic OH excluding ortho intramolecular Hbond substituents is 1. The third kappa shape index (κ3) is 6.43. The summed E-state index contributed by atoms with van der Waals surface area (Å²) in [6, 6.07) is 11.2. The van der Waals surface area contributed by atoms with Gasteiger partial charge in [0.05, 0.1) is 24.3 Å². The number of benzene rings is 2. The molecule has 1 amide bonds. The van der Waals surface area contributed by atoms with E-state index in [1.807, 2.05) is 24.3 Å². The smallest absolute Gasteiger partial charge is 0.254 e. The fourth-order valence-electron chi connectivity index (χ4n) is 3.19. The van der Waals surface area contributed by atoms with Crippen molar-refractivity contribution in [3.63, 3.8) is 0 Å². The van der Waals surface area contributed by atoms with E-state index in [1.54, 1.807) is 12.1 Å². The molecule has 0 aliphatic carbocycles. The van der Waals surface area contributed by atoms with Crippen molar-refractivity contribution >= 4 is 39.7 Å². The second-order valence-corrected chi connectivity index (χ2v) is 8.32. The van der Waals surface area contributed by atoms with Crippen LogP contribution in [0.1, 0.15) is 11.1 Å². The average Bonchev–Trinajstić information content (AvgIpc) is 2.73. The topological polar surface area (TPSA) is 77.4 Å². The van der Waals surface area contributed by atoms with Crippen LogP contribution in [0.3, 0.4) is 0 Å². The SMILES string of the molecule is COc1cc(/C=N/NC(=O)CN2CCN(Cc3ccc(Cl)cc3)CC2)cc(Br)c1O. The molecular formula is C21H24BrClN4O3. The molecule has 1 heterocycles. The standard InChI is InChI=1S/C21H24BrClN4O3/c1-30-19-11-16(10-18(22)21(19)29)12-24-25-20(28)14-27-8-6-26(7-9-27)13-15-2-4-17(23)5-3-15/h2-5,10-12,29H,6-9,13-14H2,1H3,(H,25,28)/b24-12+. The lowest BCUT2D eigenvalue weighted by atomic mass is 10.2. The molecule has 1 fully saturated rings. The maximum atomic E-state index is 12.2. The predicted molar refractivity (Wildman–Crippen MR) is 121 cm³/mol. The molecule has 1 saturated heterocycles. The van der Waals surface area contributed by atoms with Crippen LogP contribution in [-0.2, 0) is 11.3 Å². The summed E-state index contributed by atoms with van der Waals surface area (Å²) in [4.78, 5) is 16.7. The first kappa shape index (κ1) is 22.6. The van der Waals surface area contributed by atoms with Gasteiger partial charge in [-0.05, 0) is 51.3 Å². The van der Waals surface area contributed by atoms with Gasteiger partial charge in [0, 0.05) is 37.7 Å². The van der Waals surface area contributed by atoms with E-state index >= 15 is 0 Å². The molecular weight excluding hydrogens is 472 g/mol. The number of rotatable bonds is 7. The highest BCUT2D eigenvalue weighted by atomic mass is 79.9. The van der Waals surface area contributed by atoms with E-state index in [0.29, 0.717) is 22.3 Å². The quantitative estimate of drug-likeness (QED) is 0.456. The second-order valence-electron chi connectivity index (χ2n) is 7.03. The highest BCUT2D eigenvalue weighted by Gasteiger charge is 2.19. The molecule has 2 aromatic carbocycles. The van der Waals surface area contributed by atoms with Gasteiger partial charge in [-0.25, -0.2) is 5.43 Å². The number of hydrogen-bond acceptors (Lipinski definition) is 6. The molecule has 30 heavy (non-hydrogen) atoms. The molecule has 0 atom stereocenters. The molecule has 1 aliphatic heterocycles. The first-order valence-corrected chi connectivity index (χ1v) is 10.7. The van der Waals surface area contributed by atoms with Crippen LogP contribution in [0.5, 0.6) is 11.5 Å². The Labute approximate surface area is 189 Å². The fraction of sp³-hybridized carbons (Fsp3) is 0.333. The summed E-state index contributed by atoms with van der Waals surface area (Å²) < 4.78 is 5.59. The van der Waals surface area contributed by atoms with E-state index in [9.17, 15) is 9.90 Å². The molecule has 0 unspecified atom stereocenters. The summed E-state index contributed by atoms with van der Waals surface area (Å²) in [7, 11) is 1.47. The predicted octanol–water partition coefficient (Wildman–Crippen LogP) is 3.08. The summed E-state index contributed by atoms with van der Waals surface area (Å²) in [5, 5.41) is 14.6. The number of halogens is 2. The van der Waals surface area contributed by atoms with Gasteiger partial charge < -0.3 is 9.84 Å². The van der Waals surface area contributed by atoms with Crippen LogP contribution in [0.15, 0.2) is 46.0 Å². The maximum Gasteiger partial charge on any atom is 0.254 e. The minimum atomic E-state index is -0.165. The van der Waals surface area contributed by atoms with Crippen LogP contribution in [0.4, 0.5) is 0 Å². The molecule has 1 aliphatic rings. The molecule has 0 spiro atoms. The zero-order valence-corrected chi connectivity index (χ0v) is 19.0. The molecule has 0 saturated carbocycles. The lowest BCUT2D eigenvalue weighted by Crippen LogP contribution is -2.48. The Bertz CT molecular complexity index is 900. The van der Waals surface area contributed by atoms with E-state index in [4.69, 9.17) is 16.3 Å². The number of aromatic hydroxyl groups is 1. The molecule has 3 rings (SSSR count). The summed E-state index contributed by atoms with van der Waals surface area (Å²) in [6.45, 7) is 4.64. The summed E-state index contributed by atoms with van der Waals surface area (Å²) in [5.74, 6) is 0.185. The van der Waals surface area contributed by atoms with Crippen molar-refractivity contribution in [2.75, 3.05) is 39.8 Å². The Morgan fingerprint density at radius 2 is 1.90 bits per heavy atom. The van der Waals surface area contributed by atoms with Gasteiger partial charge in [-0.3, -0.25) is 14.6 Å². The van der Waals surface area contributed by atoms with Crippen molar-refractivity contribution in [2.45, 2.75) is 6.54 Å². The van der Waals surface area contributed by atoms with Crippen molar-refractivity contribution in [3.05, 3.63) is 57.0 Å². The third-order valence-corrected chi connectivity index (χ3v) is 5.68. The number of amides is 1. The van der Waals surface area contributed by atoms with Gasteiger partial charge in [-0.1, -0.05) is 23.7 Å². The zero-order valence-electron chi connectivity index (χ0n) is 16.6. The molecule has 0 bridgehead atoms. The van der Waals surface area contributed by atoms with Crippen molar-refractivity contribution in [1.82, 2.24) is 15.2 Å². The largest absolute Gasteiger partial charge is 0.503 e. The number of piperazine rings is 1. The normalized spacial score (nSPS) is 15.4. The number of hydrogen-bond donors (Lipinski definition) is 2. The highest BCUT2D eigenvalue weighted by molar-refractivity contribution is 9.10. The molecule has 0 radical (unpaired) electrons. The first-order chi connectivity index (χ1) is 14.4. The van der Waals surface area contributed by atoms with E-state index in [0.717, 1.165) is 37.7 Å².